The molecular weight excluding hydrogens is 158 g/mol. The van der Waals surface area contributed by atoms with Gasteiger partial charge >= 0.3 is 0 Å². The summed E-state index contributed by atoms with van der Waals surface area (Å²) in [5.41, 5.74) is 3.31. The van der Waals surface area contributed by atoms with E-state index in [1.807, 2.05) is 14.0 Å². The number of allylic oxidation sites excluding steroid dienone is 4. The van der Waals surface area contributed by atoms with Crippen molar-refractivity contribution in [1.29, 1.82) is 0 Å². The van der Waals surface area contributed by atoms with E-state index in [0.29, 0.717) is 0 Å². The average molecular weight is 179 g/mol. The van der Waals surface area contributed by atoms with Crippen molar-refractivity contribution >= 4 is 0 Å². The monoisotopic (exact) mass is 179 g/mol. The van der Waals surface area contributed by atoms with Gasteiger partial charge in [-0.05, 0) is 18.6 Å². The van der Waals surface area contributed by atoms with Crippen LogP contribution in [0.4, 0.5) is 0 Å². The molecule has 1 N–H and O–H groups in total. The SMILES string of the molecule is C=C(C)C(=C)/C=C(\NC)C(C)(C)C. The summed E-state index contributed by atoms with van der Waals surface area (Å²) in [5.74, 6) is 0. The minimum Gasteiger partial charge on any atom is -0.391 e. The molecule has 13 heavy (non-hydrogen) atoms. The Kier molecular flexibility index (Phi) is 3.99. The van der Waals surface area contributed by atoms with Gasteiger partial charge in [0.05, 0.1) is 0 Å². The molecule has 0 radical (unpaired) electrons. The van der Waals surface area contributed by atoms with Gasteiger partial charge in [-0.3, -0.25) is 0 Å². The van der Waals surface area contributed by atoms with Gasteiger partial charge in [-0.2, -0.15) is 0 Å². The molecule has 0 saturated heterocycles. The van der Waals surface area contributed by atoms with Crippen LogP contribution in [0.2, 0.25) is 0 Å². The predicted octanol–water partition coefficient (Wildman–Crippen LogP) is 3.27. The summed E-state index contributed by atoms with van der Waals surface area (Å²) in [7, 11) is 1.93. The molecule has 0 bridgehead atoms. The summed E-state index contributed by atoms with van der Waals surface area (Å²) in [5, 5.41) is 3.19. The second kappa shape index (κ2) is 4.31. The molecule has 0 atom stereocenters. The fraction of sp³-hybridized carbons (Fsp3) is 0.500. The van der Waals surface area contributed by atoms with Gasteiger partial charge in [-0.15, -0.1) is 0 Å². The van der Waals surface area contributed by atoms with E-state index in [2.05, 4.69) is 45.3 Å². The highest BCUT2D eigenvalue weighted by atomic mass is 14.8. The lowest BCUT2D eigenvalue weighted by molar-refractivity contribution is 0.473. The molecule has 0 aromatic carbocycles. The quantitative estimate of drug-likeness (QED) is 0.656. The van der Waals surface area contributed by atoms with Crippen LogP contribution in [0, 0.1) is 5.41 Å². The van der Waals surface area contributed by atoms with Crippen LogP contribution in [0.3, 0.4) is 0 Å². The van der Waals surface area contributed by atoms with Gasteiger partial charge in [0.2, 0.25) is 0 Å². The minimum atomic E-state index is 0.132. The van der Waals surface area contributed by atoms with Crippen molar-refractivity contribution in [2.24, 2.45) is 5.41 Å². The van der Waals surface area contributed by atoms with Gasteiger partial charge in [-0.25, -0.2) is 0 Å². The number of hydrogen-bond donors (Lipinski definition) is 1. The number of hydrogen-bond acceptors (Lipinski definition) is 1. The Balaban J connectivity index is 4.78. The zero-order valence-corrected chi connectivity index (χ0v) is 9.49. The number of nitrogens with one attached hydrogen (secondary N) is 1. The maximum absolute atomic E-state index is 3.94. The van der Waals surface area contributed by atoms with Crippen LogP contribution in [-0.4, -0.2) is 7.05 Å². The molecule has 0 amide bonds. The molecule has 1 heteroatoms. The Hall–Kier alpha value is -0.980. The Morgan fingerprint density at radius 2 is 1.69 bits per heavy atom. The largest absolute Gasteiger partial charge is 0.391 e. The summed E-state index contributed by atoms with van der Waals surface area (Å²) in [4.78, 5) is 0. The van der Waals surface area contributed by atoms with E-state index in [1.165, 1.54) is 5.70 Å². The van der Waals surface area contributed by atoms with Crippen LogP contribution in [0.1, 0.15) is 27.7 Å². The Morgan fingerprint density at radius 3 is 1.92 bits per heavy atom. The van der Waals surface area contributed by atoms with Gasteiger partial charge in [-0.1, -0.05) is 39.5 Å². The van der Waals surface area contributed by atoms with Crippen LogP contribution in [0.5, 0.6) is 0 Å². The van der Waals surface area contributed by atoms with Gasteiger partial charge in [0.25, 0.3) is 0 Å². The van der Waals surface area contributed by atoms with Crippen LogP contribution in [0.15, 0.2) is 36.1 Å². The van der Waals surface area contributed by atoms with E-state index in [0.717, 1.165) is 11.1 Å². The zero-order chi connectivity index (χ0) is 10.6. The first-order valence-electron chi connectivity index (χ1n) is 4.53. The Morgan fingerprint density at radius 1 is 1.23 bits per heavy atom. The first kappa shape index (κ1) is 12.0. The smallest absolute Gasteiger partial charge is 0.0164 e. The predicted molar refractivity (Wildman–Crippen MR) is 60.6 cm³/mol. The molecule has 0 aromatic heterocycles. The first-order valence-corrected chi connectivity index (χ1v) is 4.53. The Bertz CT molecular complexity index is 238. The van der Waals surface area contributed by atoms with Crippen LogP contribution < -0.4 is 5.32 Å². The van der Waals surface area contributed by atoms with Gasteiger partial charge in [0.1, 0.15) is 0 Å². The highest BCUT2D eigenvalue weighted by molar-refractivity contribution is 5.36. The van der Waals surface area contributed by atoms with Crippen molar-refractivity contribution in [1.82, 2.24) is 5.32 Å². The summed E-state index contributed by atoms with van der Waals surface area (Å²) in [6.45, 7) is 16.3. The van der Waals surface area contributed by atoms with E-state index < -0.39 is 0 Å². The molecule has 0 heterocycles. The fourth-order valence-electron chi connectivity index (χ4n) is 0.961. The zero-order valence-electron chi connectivity index (χ0n) is 9.49. The normalized spacial score (nSPS) is 12.5. The van der Waals surface area contributed by atoms with Gasteiger partial charge in [0, 0.05) is 18.2 Å². The lowest BCUT2D eigenvalue weighted by Crippen LogP contribution is -2.21. The van der Waals surface area contributed by atoms with Crippen molar-refractivity contribution in [3.63, 3.8) is 0 Å². The standard InChI is InChI=1S/C12H21N/c1-9(2)10(3)8-11(13-7)12(4,5)6/h8,13H,1,3H2,2,4-7H3/b11-8-. The average Bonchev–Trinajstić information content (AvgIpc) is 1.96. The second-order valence-corrected chi connectivity index (χ2v) is 4.36. The highest BCUT2D eigenvalue weighted by Gasteiger charge is 2.15. The van der Waals surface area contributed by atoms with Crippen molar-refractivity contribution < 1.29 is 0 Å². The first-order chi connectivity index (χ1) is 5.79. The van der Waals surface area contributed by atoms with Crippen molar-refractivity contribution in [2.45, 2.75) is 27.7 Å². The lowest BCUT2D eigenvalue weighted by Gasteiger charge is -2.23. The summed E-state index contributed by atoms with van der Waals surface area (Å²) < 4.78 is 0. The van der Waals surface area contributed by atoms with E-state index >= 15 is 0 Å². The molecule has 0 aromatic rings. The van der Waals surface area contributed by atoms with E-state index in [1.54, 1.807) is 0 Å². The molecule has 0 rings (SSSR count). The maximum atomic E-state index is 3.94. The Labute approximate surface area is 82.2 Å². The molecule has 0 aliphatic carbocycles. The third-order valence-corrected chi connectivity index (χ3v) is 1.94. The fourth-order valence-corrected chi connectivity index (χ4v) is 0.961. The van der Waals surface area contributed by atoms with Crippen LogP contribution in [0.25, 0.3) is 0 Å². The van der Waals surface area contributed by atoms with Crippen molar-refractivity contribution in [3.05, 3.63) is 36.1 Å². The van der Waals surface area contributed by atoms with Crippen LogP contribution in [-0.2, 0) is 0 Å². The molecule has 74 valence electrons. The second-order valence-electron chi connectivity index (χ2n) is 4.36. The molecule has 0 saturated carbocycles. The topological polar surface area (TPSA) is 12.0 Å². The third-order valence-electron chi connectivity index (χ3n) is 1.94. The minimum absolute atomic E-state index is 0.132. The van der Waals surface area contributed by atoms with E-state index in [-0.39, 0.29) is 5.41 Å². The molecule has 0 aliphatic rings. The summed E-state index contributed by atoms with van der Waals surface area (Å²) in [6.07, 6.45) is 2.06. The van der Waals surface area contributed by atoms with Crippen molar-refractivity contribution in [3.8, 4) is 0 Å². The van der Waals surface area contributed by atoms with E-state index in [9.17, 15) is 0 Å². The molecule has 0 spiro atoms. The lowest BCUT2D eigenvalue weighted by atomic mass is 9.90. The van der Waals surface area contributed by atoms with Crippen LogP contribution >= 0.6 is 0 Å². The van der Waals surface area contributed by atoms with Crippen molar-refractivity contribution in [2.75, 3.05) is 7.05 Å². The molecule has 0 unspecified atom stereocenters. The molecule has 0 fully saturated rings. The third kappa shape index (κ3) is 3.97. The molecular formula is C12H21N. The maximum Gasteiger partial charge on any atom is 0.0164 e. The number of rotatable bonds is 3. The molecule has 0 aliphatic heterocycles. The van der Waals surface area contributed by atoms with Gasteiger partial charge in [0.15, 0.2) is 0 Å². The summed E-state index contributed by atoms with van der Waals surface area (Å²) >= 11 is 0. The summed E-state index contributed by atoms with van der Waals surface area (Å²) in [6, 6.07) is 0. The molecule has 1 nitrogen and oxygen atoms in total. The van der Waals surface area contributed by atoms with Gasteiger partial charge < -0.3 is 5.32 Å². The van der Waals surface area contributed by atoms with E-state index in [4.69, 9.17) is 0 Å². The highest BCUT2D eigenvalue weighted by Crippen LogP contribution is 2.24.